The van der Waals surface area contributed by atoms with Crippen LogP contribution in [-0.4, -0.2) is 26.6 Å². The minimum absolute atomic E-state index is 0.0745. The molecule has 0 aliphatic heterocycles. The fourth-order valence-corrected chi connectivity index (χ4v) is 1.55. The van der Waals surface area contributed by atoms with Gasteiger partial charge in [0, 0.05) is 18.5 Å². The first-order valence-electron chi connectivity index (χ1n) is 5.37. The monoisotopic (exact) mass is 256 g/mol. The summed E-state index contributed by atoms with van der Waals surface area (Å²) in [6, 6.07) is 5.14. The number of carbonyl (C=O) groups is 1. The number of ether oxygens (including phenoxy) is 1. The van der Waals surface area contributed by atoms with Crippen LogP contribution in [0.2, 0.25) is 5.02 Å². The third-order valence-corrected chi connectivity index (χ3v) is 2.72. The lowest BCUT2D eigenvalue weighted by Crippen LogP contribution is -2.28. The molecule has 1 unspecified atom stereocenters. The van der Waals surface area contributed by atoms with E-state index < -0.39 is 0 Å². The normalized spacial score (nSPS) is 12.0. The van der Waals surface area contributed by atoms with E-state index in [-0.39, 0.29) is 11.8 Å². The zero-order valence-corrected chi connectivity index (χ0v) is 11.0. The van der Waals surface area contributed by atoms with Gasteiger partial charge in [-0.1, -0.05) is 18.5 Å². The van der Waals surface area contributed by atoms with E-state index in [0.717, 1.165) is 0 Å². The number of nitrogens with one attached hydrogen (secondary N) is 2. The molecule has 0 aromatic heterocycles. The van der Waals surface area contributed by atoms with Crippen LogP contribution in [-0.2, 0) is 4.79 Å². The molecule has 0 aliphatic carbocycles. The summed E-state index contributed by atoms with van der Waals surface area (Å²) < 4.78 is 5.08. The molecule has 0 spiro atoms. The van der Waals surface area contributed by atoms with Crippen LogP contribution in [0.25, 0.3) is 0 Å². The summed E-state index contributed by atoms with van der Waals surface area (Å²) in [7, 11) is 3.38. The highest BCUT2D eigenvalue weighted by Gasteiger charge is 2.13. The average Bonchev–Trinajstić information content (AvgIpc) is 2.32. The Bertz CT molecular complexity index is 396. The zero-order chi connectivity index (χ0) is 12.8. The van der Waals surface area contributed by atoms with E-state index in [1.807, 2.05) is 14.0 Å². The van der Waals surface area contributed by atoms with Crippen LogP contribution in [0.15, 0.2) is 18.2 Å². The van der Waals surface area contributed by atoms with Crippen molar-refractivity contribution in [3.05, 3.63) is 23.2 Å². The molecule has 2 N–H and O–H groups in total. The van der Waals surface area contributed by atoms with Crippen LogP contribution < -0.4 is 15.4 Å². The predicted octanol–water partition coefficient (Wildman–Crippen LogP) is 2.14. The van der Waals surface area contributed by atoms with Crippen LogP contribution in [0.3, 0.4) is 0 Å². The maximum absolute atomic E-state index is 11.8. The molecular weight excluding hydrogens is 240 g/mol. The average molecular weight is 257 g/mol. The van der Waals surface area contributed by atoms with Gasteiger partial charge in [0.1, 0.15) is 5.75 Å². The van der Waals surface area contributed by atoms with Gasteiger partial charge >= 0.3 is 0 Å². The molecule has 94 valence electrons. The highest BCUT2D eigenvalue weighted by atomic mass is 35.5. The van der Waals surface area contributed by atoms with Crippen LogP contribution in [0.1, 0.15) is 6.92 Å². The number of anilines is 1. The van der Waals surface area contributed by atoms with Gasteiger partial charge in [-0.05, 0) is 19.2 Å². The van der Waals surface area contributed by atoms with Crippen molar-refractivity contribution < 1.29 is 9.53 Å². The van der Waals surface area contributed by atoms with E-state index in [9.17, 15) is 4.79 Å². The van der Waals surface area contributed by atoms with E-state index in [2.05, 4.69) is 10.6 Å². The molecule has 0 radical (unpaired) electrons. The molecule has 1 aromatic rings. The van der Waals surface area contributed by atoms with Gasteiger partial charge in [-0.2, -0.15) is 0 Å². The number of halogens is 1. The number of amides is 1. The molecule has 0 bridgehead atoms. The lowest BCUT2D eigenvalue weighted by Gasteiger charge is -2.13. The van der Waals surface area contributed by atoms with Crippen molar-refractivity contribution in [2.75, 3.05) is 26.0 Å². The molecule has 5 heteroatoms. The smallest absolute Gasteiger partial charge is 0.228 e. The molecular formula is C12H17ClN2O2. The van der Waals surface area contributed by atoms with Crippen molar-refractivity contribution in [3.8, 4) is 5.75 Å². The molecule has 0 heterocycles. The second-order valence-electron chi connectivity index (χ2n) is 3.79. The molecule has 1 amide bonds. The molecule has 0 aliphatic rings. The quantitative estimate of drug-likeness (QED) is 0.849. The summed E-state index contributed by atoms with van der Waals surface area (Å²) in [5.41, 5.74) is 0.568. The van der Waals surface area contributed by atoms with Gasteiger partial charge in [0.05, 0.1) is 17.8 Å². The van der Waals surface area contributed by atoms with Gasteiger partial charge in [0.25, 0.3) is 0 Å². The molecule has 17 heavy (non-hydrogen) atoms. The van der Waals surface area contributed by atoms with E-state index in [4.69, 9.17) is 16.3 Å². The van der Waals surface area contributed by atoms with E-state index >= 15 is 0 Å². The Morgan fingerprint density at radius 3 is 2.82 bits per heavy atom. The maximum atomic E-state index is 11.8. The van der Waals surface area contributed by atoms with Crippen LogP contribution >= 0.6 is 11.6 Å². The van der Waals surface area contributed by atoms with Crippen molar-refractivity contribution in [2.24, 2.45) is 5.92 Å². The Kier molecular flexibility index (Phi) is 5.25. The van der Waals surface area contributed by atoms with E-state index in [1.165, 1.54) is 0 Å². The summed E-state index contributed by atoms with van der Waals surface area (Å²) in [6.45, 7) is 2.47. The second kappa shape index (κ2) is 6.47. The lowest BCUT2D eigenvalue weighted by atomic mass is 10.1. The third kappa shape index (κ3) is 3.91. The molecule has 0 fully saturated rings. The Hall–Kier alpha value is -1.26. The van der Waals surface area contributed by atoms with Gasteiger partial charge in [-0.3, -0.25) is 4.79 Å². The summed E-state index contributed by atoms with van der Waals surface area (Å²) in [4.78, 5) is 11.8. The van der Waals surface area contributed by atoms with Crippen molar-refractivity contribution >= 4 is 23.2 Å². The summed E-state index contributed by atoms with van der Waals surface area (Å²) in [6.07, 6.45) is 0. The second-order valence-corrected chi connectivity index (χ2v) is 4.20. The van der Waals surface area contributed by atoms with Gasteiger partial charge in [0.2, 0.25) is 5.91 Å². The van der Waals surface area contributed by atoms with Crippen molar-refractivity contribution in [2.45, 2.75) is 6.92 Å². The van der Waals surface area contributed by atoms with Crippen LogP contribution in [0.5, 0.6) is 5.75 Å². The molecule has 1 rings (SSSR count). The third-order valence-electron chi connectivity index (χ3n) is 2.39. The Morgan fingerprint density at radius 2 is 2.24 bits per heavy atom. The minimum atomic E-state index is -0.123. The topological polar surface area (TPSA) is 50.4 Å². The molecule has 4 nitrogen and oxygen atoms in total. The fraction of sp³-hybridized carbons (Fsp3) is 0.417. The zero-order valence-electron chi connectivity index (χ0n) is 10.2. The Labute approximate surface area is 106 Å². The van der Waals surface area contributed by atoms with E-state index in [0.29, 0.717) is 23.0 Å². The van der Waals surface area contributed by atoms with E-state index in [1.54, 1.807) is 25.3 Å². The van der Waals surface area contributed by atoms with Crippen LogP contribution in [0, 0.1) is 5.92 Å². The first-order valence-corrected chi connectivity index (χ1v) is 5.75. The van der Waals surface area contributed by atoms with Crippen molar-refractivity contribution in [1.29, 1.82) is 0 Å². The standard InChI is InChI=1S/C12H17ClN2O2/c1-8(7-14-2)12(16)15-11-6-9(17-3)4-5-10(11)13/h4-6,8,14H,7H2,1-3H3,(H,15,16). The fourth-order valence-electron chi connectivity index (χ4n) is 1.38. The summed E-state index contributed by atoms with van der Waals surface area (Å²) in [5.74, 6) is 0.461. The van der Waals surface area contributed by atoms with Gasteiger partial charge < -0.3 is 15.4 Å². The highest BCUT2D eigenvalue weighted by molar-refractivity contribution is 6.33. The Balaban J connectivity index is 2.76. The number of carbonyl (C=O) groups excluding carboxylic acids is 1. The lowest BCUT2D eigenvalue weighted by molar-refractivity contribution is -0.119. The van der Waals surface area contributed by atoms with Crippen molar-refractivity contribution in [3.63, 3.8) is 0 Å². The van der Waals surface area contributed by atoms with Gasteiger partial charge in [-0.25, -0.2) is 0 Å². The largest absolute Gasteiger partial charge is 0.497 e. The SMILES string of the molecule is CNCC(C)C(=O)Nc1cc(OC)ccc1Cl. The number of methoxy groups -OCH3 is 1. The highest BCUT2D eigenvalue weighted by Crippen LogP contribution is 2.26. The Morgan fingerprint density at radius 1 is 1.53 bits per heavy atom. The summed E-state index contributed by atoms with van der Waals surface area (Å²) in [5, 5.41) is 6.23. The molecule has 0 saturated heterocycles. The van der Waals surface area contributed by atoms with Crippen LogP contribution in [0.4, 0.5) is 5.69 Å². The molecule has 1 aromatic carbocycles. The van der Waals surface area contributed by atoms with Crippen molar-refractivity contribution in [1.82, 2.24) is 5.32 Å². The first kappa shape index (κ1) is 13.8. The summed E-state index contributed by atoms with van der Waals surface area (Å²) >= 11 is 5.99. The maximum Gasteiger partial charge on any atom is 0.228 e. The number of hydrogen-bond donors (Lipinski definition) is 2. The number of benzene rings is 1. The predicted molar refractivity (Wildman–Crippen MR) is 69.7 cm³/mol. The van der Waals surface area contributed by atoms with Gasteiger partial charge in [-0.15, -0.1) is 0 Å². The number of rotatable bonds is 5. The van der Waals surface area contributed by atoms with Gasteiger partial charge in [0.15, 0.2) is 0 Å². The molecule has 0 saturated carbocycles. The minimum Gasteiger partial charge on any atom is -0.497 e. The first-order chi connectivity index (χ1) is 8.08. The molecule has 1 atom stereocenters. The number of hydrogen-bond acceptors (Lipinski definition) is 3.